The maximum absolute atomic E-state index is 5.79. The molecule has 2 heterocycles. The van der Waals surface area contributed by atoms with Crippen molar-refractivity contribution in [2.45, 2.75) is 38.3 Å². The smallest absolute Gasteiger partial charge is 0.190 e. The highest BCUT2D eigenvalue weighted by molar-refractivity contribution is 5.79. The highest BCUT2D eigenvalue weighted by atomic mass is 16.5. The summed E-state index contributed by atoms with van der Waals surface area (Å²) < 4.78 is 11.1. The molecule has 2 aliphatic heterocycles. The lowest BCUT2D eigenvalue weighted by Gasteiger charge is -2.34. The molecule has 0 aromatic heterocycles. The van der Waals surface area contributed by atoms with Crippen LogP contribution in [0.1, 0.15) is 31.2 Å². The van der Waals surface area contributed by atoms with Gasteiger partial charge in [-0.1, -0.05) is 30.3 Å². The van der Waals surface area contributed by atoms with Crippen LogP contribution < -0.4 is 10.6 Å². The van der Waals surface area contributed by atoms with E-state index in [4.69, 9.17) is 9.47 Å². The van der Waals surface area contributed by atoms with E-state index in [2.05, 4.69) is 55.8 Å². The van der Waals surface area contributed by atoms with Crippen molar-refractivity contribution in [3.05, 3.63) is 35.9 Å². The second kappa shape index (κ2) is 14.4. The summed E-state index contributed by atoms with van der Waals surface area (Å²) >= 11 is 0. The first-order chi connectivity index (χ1) is 15.3. The Kier molecular flexibility index (Phi) is 11.1. The molecule has 2 saturated heterocycles. The van der Waals surface area contributed by atoms with Crippen molar-refractivity contribution < 1.29 is 9.47 Å². The van der Waals surface area contributed by atoms with Gasteiger partial charge in [-0.15, -0.1) is 0 Å². The number of benzene rings is 1. The number of guanidine groups is 1. The number of ether oxygens (including phenoxy) is 2. The fourth-order valence-corrected chi connectivity index (χ4v) is 4.07. The normalized spacial score (nSPS) is 20.8. The Morgan fingerprint density at radius 1 is 1.03 bits per heavy atom. The molecule has 1 aromatic rings. The van der Waals surface area contributed by atoms with Crippen molar-refractivity contribution in [3.8, 4) is 0 Å². The maximum atomic E-state index is 5.79. The van der Waals surface area contributed by atoms with Crippen molar-refractivity contribution >= 4 is 5.96 Å². The highest BCUT2D eigenvalue weighted by Gasteiger charge is 2.16. The van der Waals surface area contributed by atoms with Gasteiger partial charge in [0.25, 0.3) is 0 Å². The van der Waals surface area contributed by atoms with Gasteiger partial charge in [0, 0.05) is 66.1 Å². The minimum atomic E-state index is 0.296. The minimum Gasteiger partial charge on any atom is -0.379 e. The summed E-state index contributed by atoms with van der Waals surface area (Å²) in [5.74, 6) is 0.888. The number of hydrogen-bond donors (Lipinski definition) is 2. The Morgan fingerprint density at radius 2 is 1.77 bits per heavy atom. The molecule has 7 nitrogen and oxygen atoms in total. The fraction of sp³-hybridized carbons (Fsp3) is 0.708. The van der Waals surface area contributed by atoms with E-state index in [1.54, 1.807) is 0 Å². The van der Waals surface area contributed by atoms with Crippen LogP contribution in [0.15, 0.2) is 35.3 Å². The predicted octanol–water partition coefficient (Wildman–Crippen LogP) is 1.95. The molecule has 0 amide bonds. The molecule has 2 aliphatic rings. The van der Waals surface area contributed by atoms with E-state index in [-0.39, 0.29) is 0 Å². The van der Waals surface area contributed by atoms with Gasteiger partial charge in [-0.05, 0) is 37.8 Å². The Bertz CT molecular complexity index is 614. The summed E-state index contributed by atoms with van der Waals surface area (Å²) in [4.78, 5) is 9.48. The molecule has 174 valence electrons. The van der Waals surface area contributed by atoms with Gasteiger partial charge in [0.15, 0.2) is 5.96 Å². The minimum absolute atomic E-state index is 0.296. The summed E-state index contributed by atoms with van der Waals surface area (Å²) in [7, 11) is 1.83. The third-order valence-electron chi connectivity index (χ3n) is 5.99. The van der Waals surface area contributed by atoms with Crippen LogP contribution in [0.4, 0.5) is 0 Å². The predicted molar refractivity (Wildman–Crippen MR) is 127 cm³/mol. The third kappa shape index (κ3) is 9.56. The zero-order valence-electron chi connectivity index (χ0n) is 19.2. The lowest BCUT2D eigenvalue weighted by molar-refractivity contribution is 0.0420. The molecule has 0 spiro atoms. The summed E-state index contributed by atoms with van der Waals surface area (Å²) in [6.07, 6.45) is 4.69. The molecule has 1 atom stereocenters. The van der Waals surface area contributed by atoms with Gasteiger partial charge in [-0.3, -0.25) is 9.89 Å². The molecule has 1 unspecified atom stereocenters. The standard InChI is InChI=1S/C24H41N5O2/c1-25-24(27-12-7-18-31-23-10-19-30-21-23)26-11-5-6-13-28-14-16-29(17-15-28)20-22-8-3-2-4-9-22/h2-4,8-9,23H,5-7,10-21H2,1H3,(H2,25,26,27). The first-order valence-electron chi connectivity index (χ1n) is 12.0. The van der Waals surface area contributed by atoms with Gasteiger partial charge in [0.1, 0.15) is 0 Å². The van der Waals surface area contributed by atoms with Crippen molar-refractivity contribution in [2.24, 2.45) is 4.99 Å². The lowest BCUT2D eigenvalue weighted by Crippen LogP contribution is -2.46. The van der Waals surface area contributed by atoms with Crippen molar-refractivity contribution in [3.63, 3.8) is 0 Å². The molecule has 7 heteroatoms. The van der Waals surface area contributed by atoms with Crippen LogP contribution in [0, 0.1) is 0 Å². The van der Waals surface area contributed by atoms with Gasteiger partial charge < -0.3 is 25.0 Å². The van der Waals surface area contributed by atoms with Crippen molar-refractivity contribution in [2.75, 3.05) is 72.7 Å². The molecule has 3 rings (SSSR count). The van der Waals surface area contributed by atoms with Crippen LogP contribution in [-0.4, -0.2) is 94.5 Å². The van der Waals surface area contributed by atoms with Crippen LogP contribution >= 0.6 is 0 Å². The number of nitrogens with zero attached hydrogens (tertiary/aromatic N) is 3. The SMILES string of the molecule is CN=C(NCCCCN1CCN(Cc2ccccc2)CC1)NCCCOC1CCOC1. The average molecular weight is 432 g/mol. The highest BCUT2D eigenvalue weighted by Crippen LogP contribution is 2.09. The molecule has 31 heavy (non-hydrogen) atoms. The molecule has 0 bridgehead atoms. The van der Waals surface area contributed by atoms with E-state index in [0.29, 0.717) is 6.10 Å². The van der Waals surface area contributed by atoms with Crippen LogP contribution in [0.25, 0.3) is 0 Å². The zero-order chi connectivity index (χ0) is 21.6. The van der Waals surface area contributed by atoms with Gasteiger partial charge in [0.2, 0.25) is 0 Å². The summed E-state index contributed by atoms with van der Waals surface area (Å²) in [6.45, 7) is 11.2. The number of unbranched alkanes of at least 4 members (excludes halogenated alkanes) is 1. The lowest BCUT2D eigenvalue weighted by atomic mass is 10.2. The van der Waals surface area contributed by atoms with Crippen LogP contribution in [-0.2, 0) is 16.0 Å². The van der Waals surface area contributed by atoms with Crippen molar-refractivity contribution in [1.29, 1.82) is 0 Å². The zero-order valence-corrected chi connectivity index (χ0v) is 19.2. The van der Waals surface area contributed by atoms with Crippen LogP contribution in [0.3, 0.4) is 0 Å². The van der Waals surface area contributed by atoms with Gasteiger partial charge in [-0.25, -0.2) is 0 Å². The first-order valence-corrected chi connectivity index (χ1v) is 12.0. The number of aliphatic imine (C=N–C) groups is 1. The van der Waals surface area contributed by atoms with Crippen LogP contribution in [0.5, 0.6) is 0 Å². The summed E-state index contributed by atoms with van der Waals surface area (Å²) in [5.41, 5.74) is 1.42. The average Bonchev–Trinajstić information content (AvgIpc) is 3.32. The second-order valence-electron chi connectivity index (χ2n) is 8.45. The molecular weight excluding hydrogens is 390 g/mol. The van der Waals surface area contributed by atoms with Gasteiger partial charge >= 0.3 is 0 Å². The molecule has 1 aromatic carbocycles. The Morgan fingerprint density at radius 3 is 2.48 bits per heavy atom. The van der Waals surface area contributed by atoms with Gasteiger partial charge in [-0.2, -0.15) is 0 Å². The molecular formula is C24H41N5O2. The number of rotatable bonds is 12. The fourth-order valence-electron chi connectivity index (χ4n) is 4.07. The first kappa shape index (κ1) is 24.0. The van der Waals surface area contributed by atoms with E-state index >= 15 is 0 Å². The molecule has 2 fully saturated rings. The number of hydrogen-bond acceptors (Lipinski definition) is 5. The van der Waals surface area contributed by atoms with Crippen molar-refractivity contribution in [1.82, 2.24) is 20.4 Å². The van der Waals surface area contributed by atoms with Crippen LogP contribution in [0.2, 0.25) is 0 Å². The van der Waals surface area contributed by atoms with E-state index in [1.165, 1.54) is 44.7 Å². The molecule has 0 radical (unpaired) electrons. The molecule has 2 N–H and O–H groups in total. The van der Waals surface area contributed by atoms with E-state index in [1.807, 2.05) is 7.05 Å². The Balaban J connectivity index is 1.15. The monoisotopic (exact) mass is 431 g/mol. The quantitative estimate of drug-likeness (QED) is 0.300. The number of piperazine rings is 1. The maximum Gasteiger partial charge on any atom is 0.190 e. The molecule has 0 saturated carbocycles. The topological polar surface area (TPSA) is 61.4 Å². The van der Waals surface area contributed by atoms with E-state index < -0.39 is 0 Å². The molecule has 0 aliphatic carbocycles. The Labute approximate surface area is 188 Å². The summed E-state index contributed by atoms with van der Waals surface area (Å²) in [6, 6.07) is 10.8. The van der Waals surface area contributed by atoms with E-state index in [9.17, 15) is 0 Å². The number of nitrogens with one attached hydrogen (secondary N) is 2. The Hall–Kier alpha value is -1.67. The summed E-state index contributed by atoms with van der Waals surface area (Å²) in [5, 5.41) is 6.80. The largest absolute Gasteiger partial charge is 0.379 e. The van der Waals surface area contributed by atoms with Gasteiger partial charge in [0.05, 0.1) is 12.7 Å². The van der Waals surface area contributed by atoms with E-state index in [0.717, 1.165) is 64.7 Å². The second-order valence-corrected chi connectivity index (χ2v) is 8.45. The third-order valence-corrected chi connectivity index (χ3v) is 5.99.